The Balaban J connectivity index is 1.57. The minimum absolute atomic E-state index is 0.0959. The Bertz CT molecular complexity index is 780. The topological polar surface area (TPSA) is 67.3 Å². The van der Waals surface area contributed by atoms with E-state index in [0.717, 1.165) is 17.8 Å². The Morgan fingerprint density at radius 3 is 2.77 bits per heavy atom. The van der Waals surface area contributed by atoms with Crippen molar-refractivity contribution in [3.63, 3.8) is 0 Å². The highest BCUT2D eigenvalue weighted by Crippen LogP contribution is 2.30. The standard InChI is InChI=1S/C17H17F3N4O2/c1-11-5-6-15(23-22-11)26-14-7-8-24(10-14)16(25)21-13-4-2-3-12(9-13)17(18,19)20/h2-6,9,14H,7-8,10H2,1H3,(H,21,25). The first-order chi connectivity index (χ1) is 12.3. The quantitative estimate of drug-likeness (QED) is 0.903. The van der Waals surface area contributed by atoms with Crippen molar-refractivity contribution in [2.45, 2.75) is 25.6 Å². The molecular weight excluding hydrogens is 349 g/mol. The highest BCUT2D eigenvalue weighted by Gasteiger charge is 2.31. The number of alkyl halides is 3. The summed E-state index contributed by atoms with van der Waals surface area (Å²) < 4.78 is 43.9. The number of likely N-dealkylation sites (tertiary alicyclic amines) is 1. The van der Waals surface area contributed by atoms with Gasteiger partial charge < -0.3 is 15.0 Å². The van der Waals surface area contributed by atoms with Crippen molar-refractivity contribution in [2.24, 2.45) is 0 Å². The van der Waals surface area contributed by atoms with Gasteiger partial charge in [0.2, 0.25) is 5.88 Å². The summed E-state index contributed by atoms with van der Waals surface area (Å²) in [6.45, 7) is 2.57. The van der Waals surface area contributed by atoms with Crippen LogP contribution in [0.15, 0.2) is 36.4 Å². The molecule has 1 N–H and O–H groups in total. The van der Waals surface area contributed by atoms with Crippen molar-refractivity contribution < 1.29 is 22.7 Å². The van der Waals surface area contributed by atoms with Crippen molar-refractivity contribution in [3.8, 4) is 5.88 Å². The molecule has 1 aromatic carbocycles. The van der Waals surface area contributed by atoms with Gasteiger partial charge in [0.25, 0.3) is 0 Å². The molecule has 0 spiro atoms. The minimum atomic E-state index is -4.46. The number of hydrogen-bond donors (Lipinski definition) is 1. The number of amides is 2. The number of hydrogen-bond acceptors (Lipinski definition) is 4. The lowest BCUT2D eigenvalue weighted by atomic mass is 10.2. The molecule has 138 valence electrons. The number of halogens is 3. The molecule has 2 aromatic rings. The molecule has 1 saturated heterocycles. The second-order valence-corrected chi connectivity index (χ2v) is 6.00. The van der Waals surface area contributed by atoms with Gasteiger partial charge in [0.15, 0.2) is 0 Å². The van der Waals surface area contributed by atoms with E-state index >= 15 is 0 Å². The fraction of sp³-hybridized carbons (Fsp3) is 0.353. The number of urea groups is 1. The average molecular weight is 366 g/mol. The molecule has 1 aliphatic rings. The van der Waals surface area contributed by atoms with Crippen molar-refractivity contribution in [1.82, 2.24) is 15.1 Å². The molecular formula is C17H17F3N4O2. The van der Waals surface area contributed by atoms with E-state index < -0.39 is 17.8 Å². The molecule has 1 aliphatic heterocycles. The van der Waals surface area contributed by atoms with E-state index in [9.17, 15) is 18.0 Å². The molecule has 0 aliphatic carbocycles. The smallest absolute Gasteiger partial charge is 0.416 e. The number of ether oxygens (including phenoxy) is 1. The Morgan fingerprint density at radius 1 is 1.27 bits per heavy atom. The molecule has 6 nitrogen and oxygen atoms in total. The summed E-state index contributed by atoms with van der Waals surface area (Å²) in [5.74, 6) is 0.376. The molecule has 1 atom stereocenters. The minimum Gasteiger partial charge on any atom is -0.471 e. The summed E-state index contributed by atoms with van der Waals surface area (Å²) in [6, 6.07) is 7.54. The van der Waals surface area contributed by atoms with Crippen LogP contribution in [0.25, 0.3) is 0 Å². The van der Waals surface area contributed by atoms with Gasteiger partial charge in [0.1, 0.15) is 6.10 Å². The first-order valence-electron chi connectivity index (χ1n) is 8.01. The van der Waals surface area contributed by atoms with E-state index in [1.807, 2.05) is 6.92 Å². The molecule has 0 bridgehead atoms. The van der Waals surface area contributed by atoms with Gasteiger partial charge in [0.05, 0.1) is 17.8 Å². The van der Waals surface area contributed by atoms with Crippen LogP contribution < -0.4 is 10.1 Å². The number of anilines is 1. The number of aromatic nitrogens is 2. The van der Waals surface area contributed by atoms with Crippen LogP contribution >= 0.6 is 0 Å². The van der Waals surface area contributed by atoms with Gasteiger partial charge in [-0.2, -0.15) is 18.3 Å². The van der Waals surface area contributed by atoms with Gasteiger partial charge >= 0.3 is 12.2 Å². The first kappa shape index (κ1) is 18.0. The molecule has 2 amide bonds. The second kappa shape index (κ2) is 7.19. The van der Waals surface area contributed by atoms with Gasteiger partial charge in [-0.05, 0) is 31.2 Å². The predicted molar refractivity (Wildman–Crippen MR) is 87.8 cm³/mol. The second-order valence-electron chi connectivity index (χ2n) is 6.00. The number of nitrogens with zero attached hydrogens (tertiary/aromatic N) is 3. The third-order valence-electron chi connectivity index (χ3n) is 3.93. The van der Waals surface area contributed by atoms with Gasteiger partial charge in [-0.15, -0.1) is 5.10 Å². The molecule has 1 aromatic heterocycles. The normalized spacial score (nSPS) is 17.2. The van der Waals surface area contributed by atoms with Crippen molar-refractivity contribution >= 4 is 11.7 Å². The van der Waals surface area contributed by atoms with Crippen LogP contribution in [0.5, 0.6) is 5.88 Å². The van der Waals surface area contributed by atoms with E-state index in [1.54, 1.807) is 12.1 Å². The van der Waals surface area contributed by atoms with Crippen molar-refractivity contribution in [3.05, 3.63) is 47.7 Å². The molecule has 0 saturated carbocycles. The third-order valence-corrected chi connectivity index (χ3v) is 3.93. The molecule has 1 unspecified atom stereocenters. The molecule has 26 heavy (non-hydrogen) atoms. The molecule has 9 heteroatoms. The van der Waals surface area contributed by atoms with Crippen LogP contribution in [-0.2, 0) is 6.18 Å². The van der Waals surface area contributed by atoms with Crippen LogP contribution in [0.2, 0.25) is 0 Å². The Labute approximate surface area is 148 Å². The number of nitrogens with one attached hydrogen (secondary N) is 1. The lowest BCUT2D eigenvalue weighted by Gasteiger charge is -2.18. The van der Waals surface area contributed by atoms with Gasteiger partial charge in [-0.1, -0.05) is 6.07 Å². The highest BCUT2D eigenvalue weighted by molar-refractivity contribution is 5.89. The fourth-order valence-electron chi connectivity index (χ4n) is 2.60. The number of aryl methyl sites for hydroxylation is 1. The van der Waals surface area contributed by atoms with Crippen LogP contribution in [0, 0.1) is 6.92 Å². The molecule has 1 fully saturated rings. The first-order valence-corrected chi connectivity index (χ1v) is 8.01. The van der Waals surface area contributed by atoms with Crippen molar-refractivity contribution in [1.29, 1.82) is 0 Å². The van der Waals surface area contributed by atoms with E-state index in [2.05, 4.69) is 15.5 Å². The maximum Gasteiger partial charge on any atom is 0.416 e. The third kappa shape index (κ3) is 4.41. The summed E-state index contributed by atoms with van der Waals surface area (Å²) in [5, 5.41) is 10.3. The summed E-state index contributed by atoms with van der Waals surface area (Å²) >= 11 is 0. The lowest BCUT2D eigenvalue weighted by molar-refractivity contribution is -0.137. The molecule has 3 rings (SSSR count). The zero-order valence-corrected chi connectivity index (χ0v) is 14.0. The Kier molecular flexibility index (Phi) is 4.97. The zero-order valence-electron chi connectivity index (χ0n) is 14.0. The van der Waals surface area contributed by atoms with Gasteiger partial charge in [-0.25, -0.2) is 4.79 Å². The van der Waals surface area contributed by atoms with E-state index in [-0.39, 0.29) is 11.8 Å². The maximum absolute atomic E-state index is 12.7. The fourth-order valence-corrected chi connectivity index (χ4v) is 2.60. The molecule has 2 heterocycles. The predicted octanol–water partition coefficient (Wildman–Crippen LogP) is 3.49. The van der Waals surface area contributed by atoms with Crippen LogP contribution in [0.1, 0.15) is 17.7 Å². The van der Waals surface area contributed by atoms with Crippen LogP contribution in [-0.4, -0.2) is 40.3 Å². The Hall–Kier alpha value is -2.84. The average Bonchev–Trinajstić information content (AvgIpc) is 3.05. The summed E-state index contributed by atoms with van der Waals surface area (Å²) in [7, 11) is 0. The van der Waals surface area contributed by atoms with Gasteiger partial charge in [-0.3, -0.25) is 0 Å². The van der Waals surface area contributed by atoms with Crippen LogP contribution in [0.3, 0.4) is 0 Å². The zero-order chi connectivity index (χ0) is 18.7. The number of carbonyl (C=O) groups excluding carboxylic acids is 1. The summed E-state index contributed by atoms with van der Waals surface area (Å²) in [4.78, 5) is 13.8. The SMILES string of the molecule is Cc1ccc(OC2CCN(C(=O)Nc3cccc(C(F)(F)F)c3)C2)nn1. The van der Waals surface area contributed by atoms with E-state index in [4.69, 9.17) is 4.74 Å². The summed E-state index contributed by atoms with van der Waals surface area (Å²) in [6.07, 6.45) is -4.09. The maximum atomic E-state index is 12.7. The number of rotatable bonds is 3. The number of carbonyl (C=O) groups is 1. The van der Waals surface area contributed by atoms with Crippen LogP contribution in [0.4, 0.5) is 23.7 Å². The molecule has 0 radical (unpaired) electrons. The Morgan fingerprint density at radius 2 is 2.08 bits per heavy atom. The van der Waals surface area contributed by atoms with E-state index in [0.29, 0.717) is 25.4 Å². The summed E-state index contributed by atoms with van der Waals surface area (Å²) in [5.41, 5.74) is 0.0559. The van der Waals surface area contributed by atoms with E-state index in [1.165, 1.54) is 17.0 Å². The monoisotopic (exact) mass is 366 g/mol. The lowest BCUT2D eigenvalue weighted by Crippen LogP contribution is -2.34. The van der Waals surface area contributed by atoms with Crippen molar-refractivity contribution in [2.75, 3.05) is 18.4 Å². The highest BCUT2D eigenvalue weighted by atomic mass is 19.4. The van der Waals surface area contributed by atoms with Gasteiger partial charge in [0, 0.05) is 24.7 Å². The number of benzene rings is 1. The largest absolute Gasteiger partial charge is 0.471 e.